The van der Waals surface area contributed by atoms with Crippen LogP contribution in [-0.2, 0) is 9.59 Å². The molecule has 4 N–H and O–H groups in total. The van der Waals surface area contributed by atoms with Gasteiger partial charge in [-0.15, -0.1) is 0 Å². The molecule has 0 aliphatic heterocycles. The number of hydrogen-bond acceptors (Lipinski definition) is 3. The molecule has 104 valence electrons. The highest BCUT2D eigenvalue weighted by Crippen LogP contribution is 2.26. The van der Waals surface area contributed by atoms with E-state index in [0.29, 0.717) is 5.92 Å². The van der Waals surface area contributed by atoms with Crippen molar-refractivity contribution in [3.05, 3.63) is 0 Å². The zero-order valence-electron chi connectivity index (χ0n) is 11.0. The molecule has 5 nitrogen and oxygen atoms in total. The third-order valence-corrected chi connectivity index (χ3v) is 3.77. The predicted molar refractivity (Wildman–Crippen MR) is 69.0 cm³/mol. The Bertz CT molecular complexity index is 294. The monoisotopic (exact) mass is 256 g/mol. The van der Waals surface area contributed by atoms with Crippen molar-refractivity contribution in [3.63, 3.8) is 0 Å². The maximum absolute atomic E-state index is 11.9. The minimum Gasteiger partial charge on any atom is -0.481 e. The summed E-state index contributed by atoms with van der Waals surface area (Å²) >= 11 is 0. The van der Waals surface area contributed by atoms with Crippen LogP contribution < -0.4 is 11.1 Å². The molecule has 0 saturated heterocycles. The van der Waals surface area contributed by atoms with Crippen LogP contribution >= 0.6 is 0 Å². The first kappa shape index (κ1) is 15.0. The van der Waals surface area contributed by atoms with Crippen LogP contribution in [0, 0.1) is 5.92 Å². The first-order valence-electron chi connectivity index (χ1n) is 6.82. The molecule has 1 fully saturated rings. The second-order valence-corrected chi connectivity index (χ2v) is 5.11. The Morgan fingerprint density at radius 3 is 2.67 bits per heavy atom. The second kappa shape index (κ2) is 7.36. The molecule has 1 amide bonds. The third-order valence-electron chi connectivity index (χ3n) is 3.77. The number of nitrogens with two attached hydrogens (primary N) is 1. The average Bonchev–Trinajstić information content (AvgIpc) is 2.36. The van der Waals surface area contributed by atoms with E-state index in [4.69, 9.17) is 10.8 Å². The summed E-state index contributed by atoms with van der Waals surface area (Å²) in [5.41, 5.74) is 5.69. The molecule has 0 heterocycles. The van der Waals surface area contributed by atoms with Gasteiger partial charge in [-0.2, -0.15) is 0 Å². The van der Waals surface area contributed by atoms with Gasteiger partial charge in [0.25, 0.3) is 0 Å². The molecule has 0 radical (unpaired) electrons. The molecule has 18 heavy (non-hydrogen) atoms. The summed E-state index contributed by atoms with van der Waals surface area (Å²) in [6, 6.07) is -0.493. The Hall–Kier alpha value is -1.10. The zero-order valence-corrected chi connectivity index (χ0v) is 11.0. The minimum atomic E-state index is -0.914. The number of carbonyl (C=O) groups excluding carboxylic acids is 1. The van der Waals surface area contributed by atoms with Crippen LogP contribution in [0.4, 0.5) is 0 Å². The van der Waals surface area contributed by atoms with Gasteiger partial charge in [0.1, 0.15) is 0 Å². The van der Waals surface area contributed by atoms with Crippen LogP contribution in [0.25, 0.3) is 0 Å². The fraction of sp³-hybridized carbons (Fsp3) is 0.846. The van der Waals surface area contributed by atoms with E-state index >= 15 is 0 Å². The molecule has 1 rings (SSSR count). The number of nitrogens with one attached hydrogen (secondary N) is 1. The van der Waals surface area contributed by atoms with Gasteiger partial charge in [-0.25, -0.2) is 0 Å². The number of rotatable bonds is 6. The summed E-state index contributed by atoms with van der Waals surface area (Å²) in [6.07, 6.45) is 5.75. The summed E-state index contributed by atoms with van der Waals surface area (Å²) < 4.78 is 0. The van der Waals surface area contributed by atoms with Gasteiger partial charge in [-0.1, -0.05) is 26.2 Å². The highest BCUT2D eigenvalue weighted by molar-refractivity contribution is 5.82. The smallest absolute Gasteiger partial charge is 0.303 e. The van der Waals surface area contributed by atoms with E-state index in [2.05, 4.69) is 12.2 Å². The lowest BCUT2D eigenvalue weighted by atomic mass is 9.83. The number of carboxylic acid groups (broad SMARTS) is 1. The van der Waals surface area contributed by atoms with Gasteiger partial charge in [-0.05, 0) is 25.2 Å². The fourth-order valence-corrected chi connectivity index (χ4v) is 2.59. The van der Waals surface area contributed by atoms with Crippen LogP contribution in [0.1, 0.15) is 51.9 Å². The summed E-state index contributed by atoms with van der Waals surface area (Å²) in [5.74, 6) is -0.585. The van der Waals surface area contributed by atoms with Crippen molar-refractivity contribution in [2.45, 2.75) is 64.0 Å². The first-order valence-corrected chi connectivity index (χ1v) is 6.82. The van der Waals surface area contributed by atoms with E-state index in [1.54, 1.807) is 0 Å². The molecular weight excluding hydrogens is 232 g/mol. The van der Waals surface area contributed by atoms with Crippen LogP contribution in [0.2, 0.25) is 0 Å². The summed E-state index contributed by atoms with van der Waals surface area (Å²) in [5, 5.41) is 11.5. The molecular formula is C13H24N2O3. The van der Waals surface area contributed by atoms with Crippen LogP contribution in [0.3, 0.4) is 0 Å². The molecule has 0 bridgehead atoms. The quantitative estimate of drug-likeness (QED) is 0.667. The number of carboxylic acids is 1. The lowest BCUT2D eigenvalue weighted by molar-refractivity contribution is -0.137. The van der Waals surface area contributed by atoms with E-state index in [-0.39, 0.29) is 24.8 Å². The lowest BCUT2D eigenvalue weighted by Gasteiger charge is -2.32. The van der Waals surface area contributed by atoms with Gasteiger partial charge >= 0.3 is 5.97 Å². The standard InChI is InChI=1S/C13H24N2O3/c1-2-9-5-3-4-6-11(9)15-13(18)10(14)7-8-12(16)17/h9-11H,2-8,14H2,1H3,(H,15,18)(H,16,17). The largest absolute Gasteiger partial charge is 0.481 e. The molecule has 3 atom stereocenters. The maximum atomic E-state index is 11.9. The van der Waals surface area contributed by atoms with E-state index in [1.165, 1.54) is 6.42 Å². The topological polar surface area (TPSA) is 92.4 Å². The van der Waals surface area contributed by atoms with Crippen molar-refractivity contribution in [2.75, 3.05) is 0 Å². The van der Waals surface area contributed by atoms with Crippen molar-refractivity contribution in [1.82, 2.24) is 5.32 Å². The SMILES string of the molecule is CCC1CCCCC1NC(=O)C(N)CCC(=O)O. The van der Waals surface area contributed by atoms with Crippen molar-refractivity contribution < 1.29 is 14.7 Å². The number of aliphatic carboxylic acids is 1. The van der Waals surface area contributed by atoms with Gasteiger partial charge in [0.05, 0.1) is 6.04 Å². The van der Waals surface area contributed by atoms with Crippen molar-refractivity contribution in [3.8, 4) is 0 Å². The number of carbonyl (C=O) groups is 2. The van der Waals surface area contributed by atoms with Gasteiger partial charge in [-0.3, -0.25) is 9.59 Å². The van der Waals surface area contributed by atoms with Gasteiger partial charge in [0, 0.05) is 12.5 Å². The second-order valence-electron chi connectivity index (χ2n) is 5.11. The van der Waals surface area contributed by atoms with Gasteiger partial charge in [0.2, 0.25) is 5.91 Å². The molecule has 1 aliphatic rings. The lowest BCUT2D eigenvalue weighted by Crippen LogP contribution is -2.49. The normalized spacial score (nSPS) is 25.4. The molecule has 1 aliphatic carbocycles. The Labute approximate surface area is 108 Å². The predicted octanol–water partition coefficient (Wildman–Crippen LogP) is 1.26. The fourth-order valence-electron chi connectivity index (χ4n) is 2.59. The Morgan fingerprint density at radius 2 is 2.06 bits per heavy atom. The van der Waals surface area contributed by atoms with E-state index in [9.17, 15) is 9.59 Å². The summed E-state index contributed by atoms with van der Waals surface area (Å²) in [7, 11) is 0. The van der Waals surface area contributed by atoms with E-state index in [1.807, 2.05) is 0 Å². The van der Waals surface area contributed by atoms with Crippen molar-refractivity contribution in [1.29, 1.82) is 0 Å². The maximum Gasteiger partial charge on any atom is 0.303 e. The minimum absolute atomic E-state index is 0.0591. The third kappa shape index (κ3) is 4.64. The molecule has 3 unspecified atom stereocenters. The van der Waals surface area contributed by atoms with Crippen molar-refractivity contribution in [2.24, 2.45) is 11.7 Å². The van der Waals surface area contributed by atoms with E-state index < -0.39 is 12.0 Å². The van der Waals surface area contributed by atoms with Crippen LogP contribution in [-0.4, -0.2) is 29.1 Å². The van der Waals surface area contributed by atoms with Crippen LogP contribution in [0.15, 0.2) is 0 Å². The highest BCUT2D eigenvalue weighted by atomic mass is 16.4. The molecule has 1 saturated carbocycles. The Morgan fingerprint density at radius 1 is 1.39 bits per heavy atom. The number of hydrogen-bond donors (Lipinski definition) is 3. The van der Waals surface area contributed by atoms with Crippen LogP contribution in [0.5, 0.6) is 0 Å². The number of amides is 1. The van der Waals surface area contributed by atoms with E-state index in [0.717, 1.165) is 25.7 Å². The molecule has 0 aromatic carbocycles. The Kier molecular flexibility index (Phi) is 6.12. The first-order chi connectivity index (χ1) is 8.54. The Balaban J connectivity index is 2.39. The highest BCUT2D eigenvalue weighted by Gasteiger charge is 2.26. The average molecular weight is 256 g/mol. The zero-order chi connectivity index (χ0) is 13.5. The summed E-state index contributed by atoms with van der Waals surface area (Å²) in [6.45, 7) is 2.14. The van der Waals surface area contributed by atoms with Crippen molar-refractivity contribution >= 4 is 11.9 Å². The van der Waals surface area contributed by atoms with Gasteiger partial charge < -0.3 is 16.2 Å². The summed E-state index contributed by atoms with van der Waals surface area (Å²) in [4.78, 5) is 22.3. The molecule has 0 aromatic heterocycles. The van der Waals surface area contributed by atoms with Gasteiger partial charge in [0.15, 0.2) is 0 Å². The molecule has 0 spiro atoms. The molecule has 0 aromatic rings. The molecule has 5 heteroatoms.